The molecule has 21 heavy (non-hydrogen) atoms. The highest BCUT2D eigenvalue weighted by Crippen LogP contribution is 2.44. The number of nitriles is 1. The van der Waals surface area contributed by atoms with E-state index in [1.54, 1.807) is 11.3 Å². The van der Waals surface area contributed by atoms with Gasteiger partial charge in [0.25, 0.3) is 0 Å². The maximum atomic E-state index is 9.75. The minimum Gasteiger partial charge on any atom is -0.394 e. The quantitative estimate of drug-likeness (QED) is 0.942. The third-order valence-electron chi connectivity index (χ3n) is 4.03. The van der Waals surface area contributed by atoms with Crippen molar-refractivity contribution < 1.29 is 5.11 Å². The van der Waals surface area contributed by atoms with Crippen molar-refractivity contribution in [2.75, 3.05) is 11.5 Å². The van der Waals surface area contributed by atoms with Crippen LogP contribution in [0.25, 0.3) is 0 Å². The second-order valence-electron chi connectivity index (χ2n) is 5.13. The Bertz CT molecular complexity index is 649. The minimum atomic E-state index is -0.264. The van der Waals surface area contributed by atoms with Gasteiger partial charge in [0.2, 0.25) is 0 Å². The summed E-state index contributed by atoms with van der Waals surface area (Å²) in [5.41, 5.74) is 1.10. The first kappa shape index (κ1) is 14.1. The molecule has 1 fully saturated rings. The highest BCUT2D eigenvalue weighted by Gasteiger charge is 2.50. The molecule has 0 bridgehead atoms. The first-order chi connectivity index (χ1) is 10.3. The molecule has 3 rings (SSSR count). The molecule has 4 nitrogen and oxygen atoms in total. The van der Waals surface area contributed by atoms with E-state index in [9.17, 15) is 10.4 Å². The monoisotopic (exact) mass is 299 g/mol. The number of aromatic nitrogens is 1. The number of hydrogen-bond acceptors (Lipinski definition) is 5. The van der Waals surface area contributed by atoms with Crippen molar-refractivity contribution in [3.63, 3.8) is 0 Å². The van der Waals surface area contributed by atoms with E-state index in [1.165, 1.54) is 4.88 Å². The summed E-state index contributed by atoms with van der Waals surface area (Å²) < 4.78 is 0. The number of aliphatic hydroxyl groups is 1. The molecule has 1 aromatic heterocycles. The first-order valence-corrected chi connectivity index (χ1v) is 7.90. The fraction of sp³-hybridized carbons (Fsp3) is 0.375. The maximum Gasteiger partial charge on any atom is 0.186 e. The van der Waals surface area contributed by atoms with Gasteiger partial charge in [-0.3, -0.25) is 0 Å². The average Bonchev–Trinajstić information content (AvgIpc) is 2.96. The standard InChI is InChI=1S/C16H17N3OS/c1-2-12-9-18-16(21-12)19-13(8-17)15(14(19)10-20)11-6-4-3-5-7-11/h3-7,9,13-15,20H,2,10H2,1H3/t13-,14+,15+/m1/s1. The number of nitrogens with zero attached hydrogens (tertiary/aromatic N) is 3. The predicted octanol–water partition coefficient (Wildman–Crippen LogP) is 2.56. The van der Waals surface area contributed by atoms with Crippen LogP contribution in [0.4, 0.5) is 5.13 Å². The van der Waals surface area contributed by atoms with Gasteiger partial charge in [-0.25, -0.2) is 4.98 Å². The van der Waals surface area contributed by atoms with Crippen molar-refractivity contribution in [3.8, 4) is 6.07 Å². The zero-order valence-corrected chi connectivity index (χ0v) is 12.6. The van der Waals surface area contributed by atoms with Gasteiger partial charge in [0.15, 0.2) is 5.13 Å². The fourth-order valence-electron chi connectivity index (χ4n) is 2.93. The zero-order chi connectivity index (χ0) is 14.8. The molecule has 0 aliphatic carbocycles. The molecule has 0 amide bonds. The van der Waals surface area contributed by atoms with Gasteiger partial charge >= 0.3 is 0 Å². The maximum absolute atomic E-state index is 9.75. The molecule has 108 valence electrons. The van der Waals surface area contributed by atoms with Crippen LogP contribution in [0.1, 0.15) is 23.3 Å². The Hall–Kier alpha value is -1.90. The molecule has 0 unspecified atom stereocenters. The highest BCUT2D eigenvalue weighted by atomic mass is 32.1. The second-order valence-corrected chi connectivity index (χ2v) is 6.22. The van der Waals surface area contributed by atoms with E-state index in [2.05, 4.69) is 18.0 Å². The SMILES string of the molecule is CCc1cnc(N2[C@H](C#N)[C@H](c3ccccc3)[C@@H]2CO)s1. The van der Waals surface area contributed by atoms with Crippen LogP contribution in [0.2, 0.25) is 0 Å². The van der Waals surface area contributed by atoms with Crippen molar-refractivity contribution in [3.05, 3.63) is 47.0 Å². The average molecular weight is 299 g/mol. The number of hydrogen-bond donors (Lipinski definition) is 1. The third-order valence-corrected chi connectivity index (χ3v) is 5.18. The molecule has 2 heterocycles. The molecule has 5 heteroatoms. The van der Waals surface area contributed by atoms with E-state index >= 15 is 0 Å². The molecule has 1 N–H and O–H groups in total. The zero-order valence-electron chi connectivity index (χ0n) is 11.8. The Morgan fingerprint density at radius 1 is 1.38 bits per heavy atom. The Labute approximate surface area is 128 Å². The smallest absolute Gasteiger partial charge is 0.186 e. The molecule has 0 saturated carbocycles. The third kappa shape index (κ3) is 2.31. The largest absolute Gasteiger partial charge is 0.394 e. The van der Waals surface area contributed by atoms with Crippen LogP contribution in [0.3, 0.4) is 0 Å². The Balaban J connectivity index is 1.91. The Kier molecular flexibility index (Phi) is 3.91. The number of aliphatic hydroxyl groups excluding tert-OH is 1. The van der Waals surface area contributed by atoms with Crippen molar-refractivity contribution in [1.82, 2.24) is 4.98 Å². The lowest BCUT2D eigenvalue weighted by Crippen LogP contribution is -2.63. The molecule has 1 aliphatic rings. The summed E-state index contributed by atoms with van der Waals surface area (Å²) in [4.78, 5) is 7.57. The summed E-state index contributed by atoms with van der Waals surface area (Å²) in [6, 6.07) is 12.0. The Morgan fingerprint density at radius 2 is 2.14 bits per heavy atom. The topological polar surface area (TPSA) is 60.2 Å². The van der Waals surface area contributed by atoms with E-state index in [4.69, 9.17) is 0 Å². The van der Waals surface area contributed by atoms with E-state index in [1.807, 2.05) is 41.4 Å². The van der Waals surface area contributed by atoms with Gasteiger partial charge in [0, 0.05) is 17.0 Å². The normalized spacial score (nSPS) is 24.4. The lowest BCUT2D eigenvalue weighted by Gasteiger charge is -2.51. The first-order valence-electron chi connectivity index (χ1n) is 7.08. The predicted molar refractivity (Wildman–Crippen MR) is 83.4 cm³/mol. The van der Waals surface area contributed by atoms with Crippen LogP contribution in [-0.2, 0) is 6.42 Å². The molecule has 1 aliphatic heterocycles. The van der Waals surface area contributed by atoms with Crippen LogP contribution < -0.4 is 4.90 Å². The van der Waals surface area contributed by atoms with E-state index < -0.39 is 0 Å². The number of thiazole rings is 1. The van der Waals surface area contributed by atoms with Gasteiger partial charge in [-0.2, -0.15) is 5.26 Å². The highest BCUT2D eigenvalue weighted by molar-refractivity contribution is 7.15. The number of benzene rings is 1. The van der Waals surface area contributed by atoms with Crippen LogP contribution >= 0.6 is 11.3 Å². The summed E-state index contributed by atoms with van der Waals surface area (Å²) in [5.74, 6) is 0.0372. The van der Waals surface area contributed by atoms with Gasteiger partial charge < -0.3 is 10.0 Å². The summed E-state index contributed by atoms with van der Waals surface area (Å²) in [7, 11) is 0. The number of aryl methyl sites for hydroxylation is 1. The summed E-state index contributed by atoms with van der Waals surface area (Å²) in [6.45, 7) is 2.12. The molecule has 0 radical (unpaired) electrons. The molecule has 1 aromatic carbocycles. The van der Waals surface area contributed by atoms with Gasteiger partial charge in [-0.05, 0) is 12.0 Å². The van der Waals surface area contributed by atoms with Crippen molar-refractivity contribution in [2.45, 2.75) is 31.3 Å². The van der Waals surface area contributed by atoms with Gasteiger partial charge in [0.05, 0.1) is 18.7 Å². The molecular formula is C16H17N3OS. The number of anilines is 1. The number of rotatable bonds is 4. The summed E-state index contributed by atoms with van der Waals surface area (Å²) in [6.07, 6.45) is 2.80. The lowest BCUT2D eigenvalue weighted by molar-refractivity contribution is 0.187. The molecular weight excluding hydrogens is 282 g/mol. The second kappa shape index (κ2) is 5.84. The fourth-order valence-corrected chi connectivity index (χ4v) is 3.87. The summed E-state index contributed by atoms with van der Waals surface area (Å²) in [5, 5.41) is 20.1. The molecule has 1 saturated heterocycles. The van der Waals surface area contributed by atoms with E-state index in [0.717, 1.165) is 17.1 Å². The van der Waals surface area contributed by atoms with Gasteiger partial charge in [-0.1, -0.05) is 37.3 Å². The van der Waals surface area contributed by atoms with E-state index in [0.29, 0.717) is 0 Å². The minimum absolute atomic E-state index is 0.0266. The van der Waals surface area contributed by atoms with Crippen LogP contribution in [-0.4, -0.2) is 28.8 Å². The van der Waals surface area contributed by atoms with Crippen LogP contribution in [0, 0.1) is 11.3 Å². The molecule has 0 spiro atoms. The summed E-state index contributed by atoms with van der Waals surface area (Å²) >= 11 is 1.60. The molecule has 3 atom stereocenters. The van der Waals surface area contributed by atoms with Crippen molar-refractivity contribution in [2.24, 2.45) is 0 Å². The Morgan fingerprint density at radius 3 is 2.71 bits per heavy atom. The van der Waals surface area contributed by atoms with Crippen molar-refractivity contribution in [1.29, 1.82) is 5.26 Å². The van der Waals surface area contributed by atoms with Gasteiger partial charge in [0.1, 0.15) is 6.04 Å². The lowest BCUT2D eigenvalue weighted by atomic mass is 9.76. The van der Waals surface area contributed by atoms with E-state index in [-0.39, 0.29) is 24.6 Å². The van der Waals surface area contributed by atoms with Crippen LogP contribution in [0.15, 0.2) is 36.5 Å². The molecule has 2 aromatic rings. The van der Waals surface area contributed by atoms with Crippen LogP contribution in [0.5, 0.6) is 0 Å². The van der Waals surface area contributed by atoms with Gasteiger partial charge in [-0.15, -0.1) is 11.3 Å². The van der Waals surface area contributed by atoms with Crippen molar-refractivity contribution >= 4 is 16.5 Å².